The van der Waals surface area contributed by atoms with Gasteiger partial charge in [0.05, 0.1) is 22.3 Å². The van der Waals surface area contributed by atoms with Crippen LogP contribution in [0, 0.1) is 17.2 Å². The number of benzene rings is 2. The summed E-state index contributed by atoms with van der Waals surface area (Å²) in [7, 11) is 0. The maximum absolute atomic E-state index is 13.6. The smallest absolute Gasteiger partial charge is 0.416 e. The van der Waals surface area contributed by atoms with Crippen LogP contribution in [-0.2, 0) is 6.18 Å². The number of nitriles is 1. The van der Waals surface area contributed by atoms with Crippen molar-refractivity contribution in [2.45, 2.75) is 24.6 Å². The fourth-order valence-electron chi connectivity index (χ4n) is 4.14. The molecule has 0 spiro atoms. The first-order valence-corrected chi connectivity index (χ1v) is 9.20. The molecule has 0 saturated carbocycles. The van der Waals surface area contributed by atoms with Crippen molar-refractivity contribution in [1.29, 1.82) is 5.26 Å². The standard InChI is InChI=1S/C21H16ClF3N2O/c22-17-9-8-16(21(23,24)25)18-14-2-1-3-15(14)19(27-20(17)18)12-4-6-13(7-5-12)28-11-10-26/h1-2,4-9,14-15,19,27H,3,11H2/t14-,15-,19+/m1/s1. The van der Waals surface area contributed by atoms with Crippen molar-refractivity contribution in [1.82, 2.24) is 0 Å². The van der Waals surface area contributed by atoms with E-state index in [1.165, 1.54) is 6.07 Å². The summed E-state index contributed by atoms with van der Waals surface area (Å²) in [6.07, 6.45) is 0.0278. The Kier molecular flexibility index (Phi) is 4.72. The van der Waals surface area contributed by atoms with Gasteiger partial charge < -0.3 is 10.1 Å². The zero-order valence-electron chi connectivity index (χ0n) is 14.6. The third-order valence-electron chi connectivity index (χ3n) is 5.32. The number of halogens is 4. The quantitative estimate of drug-likeness (QED) is 0.630. The van der Waals surface area contributed by atoms with Gasteiger partial charge in [0, 0.05) is 5.92 Å². The highest BCUT2D eigenvalue weighted by Crippen LogP contribution is 2.54. The van der Waals surface area contributed by atoms with E-state index in [-0.39, 0.29) is 35.1 Å². The number of allylic oxidation sites excluding steroid dienone is 2. The highest BCUT2D eigenvalue weighted by molar-refractivity contribution is 6.33. The molecule has 2 aliphatic rings. The second-order valence-corrected chi connectivity index (χ2v) is 7.28. The monoisotopic (exact) mass is 404 g/mol. The lowest BCUT2D eigenvalue weighted by Crippen LogP contribution is -2.31. The predicted octanol–water partition coefficient (Wildman–Crippen LogP) is 6.09. The van der Waals surface area contributed by atoms with Crippen LogP contribution in [0.25, 0.3) is 0 Å². The number of hydrogen-bond acceptors (Lipinski definition) is 3. The summed E-state index contributed by atoms with van der Waals surface area (Å²) >= 11 is 6.29. The van der Waals surface area contributed by atoms with Crippen molar-refractivity contribution in [3.05, 3.63) is 70.3 Å². The maximum Gasteiger partial charge on any atom is 0.416 e. The van der Waals surface area contributed by atoms with Crippen LogP contribution in [0.1, 0.15) is 35.1 Å². The van der Waals surface area contributed by atoms with Gasteiger partial charge in [0.1, 0.15) is 11.8 Å². The van der Waals surface area contributed by atoms with E-state index in [2.05, 4.69) is 5.32 Å². The van der Waals surface area contributed by atoms with Gasteiger partial charge in [-0.3, -0.25) is 0 Å². The molecule has 1 heterocycles. The largest absolute Gasteiger partial charge is 0.479 e. The van der Waals surface area contributed by atoms with Crippen molar-refractivity contribution >= 4 is 17.3 Å². The minimum atomic E-state index is -4.44. The zero-order valence-corrected chi connectivity index (χ0v) is 15.4. The van der Waals surface area contributed by atoms with Crippen molar-refractivity contribution in [3.8, 4) is 11.8 Å². The minimum Gasteiger partial charge on any atom is -0.479 e. The fraction of sp³-hybridized carbons (Fsp3) is 0.286. The van der Waals surface area contributed by atoms with E-state index in [9.17, 15) is 13.2 Å². The SMILES string of the molecule is N#CCOc1ccc([C@@H]2Nc3c(Cl)ccc(C(F)(F)F)c3[C@@H]3C=CC[C@H]32)cc1. The summed E-state index contributed by atoms with van der Waals surface area (Å²) in [6, 6.07) is 11.3. The van der Waals surface area contributed by atoms with Gasteiger partial charge in [-0.2, -0.15) is 18.4 Å². The number of nitrogens with zero attached hydrogens (tertiary/aromatic N) is 1. The van der Waals surface area contributed by atoms with E-state index >= 15 is 0 Å². The third kappa shape index (κ3) is 3.20. The summed E-state index contributed by atoms with van der Waals surface area (Å²) in [5.41, 5.74) is 0.866. The normalized spacial score (nSPS) is 22.8. The first-order valence-electron chi connectivity index (χ1n) is 8.82. The van der Waals surface area contributed by atoms with E-state index < -0.39 is 11.7 Å². The molecule has 2 aromatic rings. The Labute approximate surface area is 165 Å². The molecule has 7 heteroatoms. The Hall–Kier alpha value is -2.65. The number of nitrogens with one attached hydrogen (secondary N) is 1. The van der Waals surface area contributed by atoms with Gasteiger partial charge in [0.25, 0.3) is 0 Å². The Morgan fingerprint density at radius 2 is 1.93 bits per heavy atom. The molecule has 0 bridgehead atoms. The number of hydrogen-bond donors (Lipinski definition) is 1. The zero-order chi connectivity index (χ0) is 19.9. The Balaban J connectivity index is 1.74. The van der Waals surface area contributed by atoms with Gasteiger partial charge in [-0.05, 0) is 47.7 Å². The van der Waals surface area contributed by atoms with Gasteiger partial charge in [-0.15, -0.1) is 0 Å². The van der Waals surface area contributed by atoms with E-state index in [1.54, 1.807) is 12.1 Å². The Morgan fingerprint density at radius 3 is 2.61 bits per heavy atom. The lowest BCUT2D eigenvalue weighted by atomic mass is 9.75. The van der Waals surface area contributed by atoms with E-state index in [0.717, 1.165) is 11.6 Å². The molecule has 1 N–H and O–H groups in total. The van der Waals surface area contributed by atoms with Crippen LogP contribution in [0.4, 0.5) is 18.9 Å². The molecule has 28 heavy (non-hydrogen) atoms. The first-order chi connectivity index (χ1) is 13.4. The minimum absolute atomic E-state index is 0.0428. The topological polar surface area (TPSA) is 45.0 Å². The molecular weight excluding hydrogens is 389 g/mol. The molecule has 0 amide bonds. The van der Waals surface area contributed by atoms with Gasteiger partial charge in [-0.25, -0.2) is 0 Å². The fourth-order valence-corrected chi connectivity index (χ4v) is 4.36. The van der Waals surface area contributed by atoms with Crippen molar-refractivity contribution in [2.75, 3.05) is 11.9 Å². The van der Waals surface area contributed by atoms with E-state index in [0.29, 0.717) is 17.9 Å². The number of ether oxygens (including phenoxy) is 1. The van der Waals surface area contributed by atoms with E-state index in [1.807, 2.05) is 30.4 Å². The molecule has 0 radical (unpaired) electrons. The van der Waals surface area contributed by atoms with Crippen molar-refractivity contribution < 1.29 is 17.9 Å². The molecule has 4 rings (SSSR count). The maximum atomic E-state index is 13.6. The lowest BCUT2D eigenvalue weighted by Gasteiger charge is -2.39. The highest BCUT2D eigenvalue weighted by Gasteiger charge is 2.44. The number of fused-ring (bicyclic) bond motifs is 3. The number of anilines is 1. The third-order valence-corrected chi connectivity index (χ3v) is 5.63. The van der Waals surface area contributed by atoms with Crippen LogP contribution in [0.5, 0.6) is 5.75 Å². The van der Waals surface area contributed by atoms with Crippen LogP contribution >= 0.6 is 11.6 Å². The summed E-state index contributed by atoms with van der Waals surface area (Å²) in [4.78, 5) is 0. The highest BCUT2D eigenvalue weighted by atomic mass is 35.5. The average molecular weight is 405 g/mol. The molecule has 0 aromatic heterocycles. The summed E-state index contributed by atoms with van der Waals surface area (Å²) < 4.78 is 46.1. The number of rotatable bonds is 3. The van der Waals surface area contributed by atoms with Crippen LogP contribution < -0.4 is 10.1 Å². The van der Waals surface area contributed by atoms with Gasteiger partial charge in [0.2, 0.25) is 0 Å². The average Bonchev–Trinajstić information content (AvgIpc) is 3.15. The molecule has 2 aromatic carbocycles. The van der Waals surface area contributed by atoms with Crippen LogP contribution in [0.3, 0.4) is 0 Å². The van der Waals surface area contributed by atoms with Crippen LogP contribution in [-0.4, -0.2) is 6.61 Å². The van der Waals surface area contributed by atoms with Gasteiger partial charge >= 0.3 is 6.18 Å². The molecular formula is C21H16ClF3N2O. The molecule has 0 fully saturated rings. The molecule has 0 saturated heterocycles. The van der Waals surface area contributed by atoms with Gasteiger partial charge in [0.15, 0.2) is 6.61 Å². The van der Waals surface area contributed by atoms with E-state index in [4.69, 9.17) is 21.6 Å². The van der Waals surface area contributed by atoms with Crippen molar-refractivity contribution in [2.24, 2.45) is 5.92 Å². The first kappa shape index (κ1) is 18.7. The van der Waals surface area contributed by atoms with Crippen molar-refractivity contribution in [3.63, 3.8) is 0 Å². The summed E-state index contributed by atoms with van der Waals surface area (Å²) in [6.45, 7) is -0.0428. The molecule has 3 nitrogen and oxygen atoms in total. The second kappa shape index (κ2) is 7.06. The number of alkyl halides is 3. The lowest BCUT2D eigenvalue weighted by molar-refractivity contribution is -0.138. The molecule has 144 valence electrons. The predicted molar refractivity (Wildman–Crippen MR) is 100 cm³/mol. The Bertz CT molecular complexity index is 963. The molecule has 0 unspecified atom stereocenters. The molecule has 3 atom stereocenters. The Morgan fingerprint density at radius 1 is 1.18 bits per heavy atom. The van der Waals surface area contributed by atoms with Crippen LogP contribution in [0.2, 0.25) is 5.02 Å². The van der Waals surface area contributed by atoms with Crippen LogP contribution in [0.15, 0.2) is 48.6 Å². The van der Waals surface area contributed by atoms with Gasteiger partial charge in [-0.1, -0.05) is 35.9 Å². The molecule has 1 aliphatic heterocycles. The summed E-state index contributed by atoms with van der Waals surface area (Å²) in [5.74, 6) is 0.170. The second-order valence-electron chi connectivity index (χ2n) is 6.87. The molecule has 1 aliphatic carbocycles. The summed E-state index contributed by atoms with van der Waals surface area (Å²) in [5, 5.41) is 12.1.